The summed E-state index contributed by atoms with van der Waals surface area (Å²) >= 11 is 0. The Kier molecular flexibility index (Phi) is 4.35. The van der Waals surface area contributed by atoms with Crippen LogP contribution >= 0.6 is 0 Å². The van der Waals surface area contributed by atoms with Gasteiger partial charge in [0.15, 0.2) is 11.6 Å². The van der Waals surface area contributed by atoms with Crippen molar-refractivity contribution in [2.75, 3.05) is 5.32 Å². The number of aryl methyl sites for hydroxylation is 3. The van der Waals surface area contributed by atoms with E-state index in [1.54, 1.807) is 17.5 Å². The maximum absolute atomic E-state index is 12.6. The average Bonchev–Trinajstić information content (AvgIpc) is 2.97. The van der Waals surface area contributed by atoms with Gasteiger partial charge in [-0.3, -0.25) is 4.79 Å². The molecule has 0 saturated heterocycles. The van der Waals surface area contributed by atoms with E-state index in [9.17, 15) is 18.0 Å². The van der Waals surface area contributed by atoms with E-state index < -0.39 is 12.1 Å². The van der Waals surface area contributed by atoms with Gasteiger partial charge < -0.3 is 5.32 Å². The number of amides is 1. The van der Waals surface area contributed by atoms with Gasteiger partial charge in [0.1, 0.15) is 11.6 Å². The monoisotopic (exact) mass is 373 g/mol. The molecule has 1 aromatic carbocycles. The number of benzene rings is 1. The molecule has 2 heterocycles. The Bertz CT molecular complexity index is 1110. The molecule has 0 fully saturated rings. The first-order valence-corrected chi connectivity index (χ1v) is 7.87. The summed E-state index contributed by atoms with van der Waals surface area (Å²) in [4.78, 5) is 15.8. The number of hydrogen-bond acceptors (Lipinski definition) is 4. The van der Waals surface area contributed by atoms with Crippen LogP contribution in [0.2, 0.25) is 0 Å². The van der Waals surface area contributed by atoms with Crippen LogP contribution < -0.4 is 5.32 Å². The molecule has 27 heavy (non-hydrogen) atoms. The molecule has 6 nitrogen and oxygen atoms in total. The summed E-state index contributed by atoms with van der Waals surface area (Å²) in [6.07, 6.45) is -4.02. The normalized spacial score (nSPS) is 11.4. The molecule has 3 rings (SSSR count). The molecule has 0 atom stereocenters. The smallest absolute Gasteiger partial charge is 0.302 e. The SMILES string of the molecule is Cc1cc(C)c2nc(-n3ncc(C#N)c3NC(=O)C(F)(F)F)cc(C)c2c1. The van der Waals surface area contributed by atoms with Crippen LogP contribution in [0.25, 0.3) is 16.7 Å². The van der Waals surface area contributed by atoms with E-state index in [1.807, 2.05) is 32.9 Å². The summed E-state index contributed by atoms with van der Waals surface area (Å²) in [6.45, 7) is 5.67. The van der Waals surface area contributed by atoms with Crippen LogP contribution in [-0.2, 0) is 4.79 Å². The van der Waals surface area contributed by atoms with Gasteiger partial charge in [0.25, 0.3) is 0 Å². The predicted octanol–water partition coefficient (Wildman–Crippen LogP) is 3.72. The van der Waals surface area contributed by atoms with Gasteiger partial charge in [0.05, 0.1) is 11.7 Å². The molecule has 0 aliphatic heterocycles. The van der Waals surface area contributed by atoms with E-state index >= 15 is 0 Å². The van der Waals surface area contributed by atoms with Crippen molar-refractivity contribution in [2.45, 2.75) is 26.9 Å². The number of halogens is 3. The molecule has 0 saturated carbocycles. The second kappa shape index (κ2) is 6.39. The van der Waals surface area contributed by atoms with Crippen molar-refractivity contribution in [3.63, 3.8) is 0 Å². The van der Waals surface area contributed by atoms with Gasteiger partial charge in [-0.05, 0) is 44.0 Å². The van der Waals surface area contributed by atoms with Gasteiger partial charge in [-0.15, -0.1) is 0 Å². The van der Waals surface area contributed by atoms with Gasteiger partial charge in [-0.1, -0.05) is 11.6 Å². The third-order valence-corrected chi connectivity index (χ3v) is 4.04. The van der Waals surface area contributed by atoms with E-state index in [-0.39, 0.29) is 17.2 Å². The number of aromatic nitrogens is 3. The van der Waals surface area contributed by atoms with E-state index in [4.69, 9.17) is 5.26 Å². The Balaban J connectivity index is 2.19. The van der Waals surface area contributed by atoms with E-state index in [2.05, 4.69) is 10.1 Å². The molecule has 0 aliphatic rings. The van der Waals surface area contributed by atoms with Gasteiger partial charge in [0, 0.05) is 5.39 Å². The van der Waals surface area contributed by atoms with Crippen molar-refractivity contribution in [1.82, 2.24) is 14.8 Å². The number of carbonyl (C=O) groups is 1. The Morgan fingerprint density at radius 2 is 1.89 bits per heavy atom. The van der Waals surface area contributed by atoms with Crippen molar-refractivity contribution >= 4 is 22.6 Å². The first-order chi connectivity index (χ1) is 12.6. The Labute approximate surface area is 152 Å². The number of nitriles is 1. The van der Waals surface area contributed by atoms with Gasteiger partial charge >= 0.3 is 12.1 Å². The van der Waals surface area contributed by atoms with E-state index in [0.29, 0.717) is 5.52 Å². The fourth-order valence-corrected chi connectivity index (χ4v) is 2.84. The molecular weight excluding hydrogens is 359 g/mol. The van der Waals surface area contributed by atoms with Crippen LogP contribution in [0, 0.1) is 32.1 Å². The molecule has 1 N–H and O–H groups in total. The topological polar surface area (TPSA) is 83.6 Å². The lowest BCUT2D eigenvalue weighted by Crippen LogP contribution is -2.31. The molecular formula is C18H14F3N5O. The number of rotatable bonds is 2. The largest absolute Gasteiger partial charge is 0.471 e. The number of carbonyl (C=O) groups excluding carboxylic acids is 1. The Morgan fingerprint density at radius 3 is 2.52 bits per heavy atom. The molecule has 0 bridgehead atoms. The number of nitrogens with one attached hydrogen (secondary N) is 1. The molecule has 0 spiro atoms. The molecule has 0 radical (unpaired) electrons. The molecule has 1 amide bonds. The minimum atomic E-state index is -5.09. The summed E-state index contributed by atoms with van der Waals surface area (Å²) < 4.78 is 38.9. The highest BCUT2D eigenvalue weighted by Crippen LogP contribution is 2.27. The van der Waals surface area contributed by atoms with E-state index in [0.717, 1.165) is 33.0 Å². The highest BCUT2D eigenvalue weighted by atomic mass is 19.4. The van der Waals surface area contributed by atoms with Crippen molar-refractivity contribution in [3.05, 3.63) is 46.6 Å². The molecule has 3 aromatic rings. The van der Waals surface area contributed by atoms with Gasteiger partial charge in [-0.25, -0.2) is 4.98 Å². The summed E-state index contributed by atoms with van der Waals surface area (Å²) in [7, 11) is 0. The molecule has 9 heteroatoms. The van der Waals surface area contributed by atoms with Crippen LogP contribution in [-0.4, -0.2) is 26.8 Å². The standard InChI is InChI=1S/C18H14F3N5O/c1-9-4-11(3)15-13(5-9)10(2)6-14(24-15)26-16(12(7-22)8-23-26)25-17(27)18(19,20)21/h4-6,8H,1-3H3,(H,25,27). The van der Waals surface area contributed by atoms with Gasteiger partial charge in [0.2, 0.25) is 0 Å². The maximum atomic E-state index is 12.6. The van der Waals surface area contributed by atoms with Crippen LogP contribution in [0.1, 0.15) is 22.3 Å². The summed E-state index contributed by atoms with van der Waals surface area (Å²) in [6, 6.07) is 7.26. The zero-order valence-electron chi connectivity index (χ0n) is 14.6. The average molecular weight is 373 g/mol. The van der Waals surface area contributed by atoms with Crippen molar-refractivity contribution < 1.29 is 18.0 Å². The van der Waals surface area contributed by atoms with Crippen molar-refractivity contribution in [2.24, 2.45) is 0 Å². The first kappa shape index (κ1) is 18.4. The fourth-order valence-electron chi connectivity index (χ4n) is 2.84. The fraction of sp³-hybridized carbons (Fsp3) is 0.222. The molecule has 0 unspecified atom stereocenters. The number of nitrogens with zero attached hydrogens (tertiary/aromatic N) is 4. The highest BCUT2D eigenvalue weighted by Gasteiger charge is 2.39. The maximum Gasteiger partial charge on any atom is 0.471 e. The lowest BCUT2D eigenvalue weighted by Gasteiger charge is -2.13. The number of hydrogen-bond donors (Lipinski definition) is 1. The molecule has 2 aromatic heterocycles. The quantitative estimate of drug-likeness (QED) is 0.742. The molecule has 0 aliphatic carbocycles. The van der Waals surface area contributed by atoms with Crippen molar-refractivity contribution in [1.29, 1.82) is 5.26 Å². The number of pyridine rings is 1. The number of alkyl halides is 3. The highest BCUT2D eigenvalue weighted by molar-refractivity contribution is 5.95. The van der Waals surface area contributed by atoms with Crippen LogP contribution in [0.4, 0.5) is 19.0 Å². The summed E-state index contributed by atoms with van der Waals surface area (Å²) in [5, 5.41) is 15.7. The third-order valence-electron chi connectivity index (χ3n) is 4.04. The van der Waals surface area contributed by atoms with Crippen molar-refractivity contribution in [3.8, 4) is 11.9 Å². The lowest BCUT2D eigenvalue weighted by molar-refractivity contribution is -0.167. The zero-order valence-corrected chi connectivity index (χ0v) is 14.6. The third kappa shape index (κ3) is 3.33. The minimum Gasteiger partial charge on any atom is -0.302 e. The van der Waals surface area contributed by atoms with E-state index in [1.165, 1.54) is 0 Å². The minimum absolute atomic E-state index is 0.200. The number of anilines is 1. The summed E-state index contributed by atoms with van der Waals surface area (Å²) in [5.41, 5.74) is 3.25. The Hall–Kier alpha value is -3.41. The second-order valence-electron chi connectivity index (χ2n) is 6.16. The van der Waals surface area contributed by atoms with Crippen LogP contribution in [0.15, 0.2) is 24.4 Å². The number of fused-ring (bicyclic) bond motifs is 1. The molecule has 138 valence electrons. The predicted molar refractivity (Wildman–Crippen MR) is 92.5 cm³/mol. The zero-order chi connectivity index (χ0) is 19.9. The van der Waals surface area contributed by atoms with Crippen LogP contribution in [0.5, 0.6) is 0 Å². The first-order valence-electron chi connectivity index (χ1n) is 7.87. The van der Waals surface area contributed by atoms with Crippen LogP contribution in [0.3, 0.4) is 0 Å². The lowest BCUT2D eigenvalue weighted by atomic mass is 10.0. The van der Waals surface area contributed by atoms with Gasteiger partial charge in [-0.2, -0.15) is 28.2 Å². The summed E-state index contributed by atoms with van der Waals surface area (Å²) in [5.74, 6) is -2.37. The second-order valence-corrected chi connectivity index (χ2v) is 6.16. The Morgan fingerprint density at radius 1 is 1.19 bits per heavy atom.